The average molecular weight is 235 g/mol. The molecule has 5 heteroatoms. The SMILES string of the molecule is O=C(Nc1cnc2n1CCCC2)[C@@H]1CCOC1. The van der Waals surface area contributed by atoms with Crippen molar-refractivity contribution in [2.75, 3.05) is 18.5 Å². The van der Waals surface area contributed by atoms with E-state index in [0.29, 0.717) is 13.2 Å². The molecule has 0 bridgehead atoms. The van der Waals surface area contributed by atoms with Crippen LogP contribution in [0.15, 0.2) is 6.20 Å². The summed E-state index contributed by atoms with van der Waals surface area (Å²) in [5, 5.41) is 2.97. The molecule has 1 amide bonds. The summed E-state index contributed by atoms with van der Waals surface area (Å²) in [6, 6.07) is 0. The lowest BCUT2D eigenvalue weighted by Gasteiger charge is -2.17. The van der Waals surface area contributed by atoms with Crippen molar-refractivity contribution in [3.8, 4) is 0 Å². The van der Waals surface area contributed by atoms with Gasteiger partial charge < -0.3 is 14.6 Å². The lowest BCUT2D eigenvalue weighted by Crippen LogP contribution is -2.25. The van der Waals surface area contributed by atoms with Crippen molar-refractivity contribution in [2.45, 2.75) is 32.2 Å². The number of hydrogen-bond donors (Lipinski definition) is 1. The van der Waals surface area contributed by atoms with Gasteiger partial charge in [-0.1, -0.05) is 0 Å². The van der Waals surface area contributed by atoms with Crippen molar-refractivity contribution in [1.82, 2.24) is 9.55 Å². The van der Waals surface area contributed by atoms with Gasteiger partial charge in [-0.25, -0.2) is 4.98 Å². The van der Waals surface area contributed by atoms with Gasteiger partial charge in [-0.15, -0.1) is 0 Å². The summed E-state index contributed by atoms with van der Waals surface area (Å²) in [5.41, 5.74) is 0. The number of nitrogens with one attached hydrogen (secondary N) is 1. The second-order valence-electron chi connectivity index (χ2n) is 4.72. The maximum Gasteiger partial charge on any atom is 0.231 e. The molecule has 2 aliphatic heterocycles. The van der Waals surface area contributed by atoms with Crippen LogP contribution >= 0.6 is 0 Å². The Hall–Kier alpha value is -1.36. The molecule has 0 saturated carbocycles. The molecular weight excluding hydrogens is 218 g/mol. The molecule has 0 radical (unpaired) electrons. The number of ether oxygens (including phenoxy) is 1. The van der Waals surface area contributed by atoms with E-state index in [9.17, 15) is 4.79 Å². The van der Waals surface area contributed by atoms with Gasteiger partial charge in [0.2, 0.25) is 5.91 Å². The van der Waals surface area contributed by atoms with Crippen LogP contribution in [0.2, 0.25) is 0 Å². The van der Waals surface area contributed by atoms with E-state index in [1.807, 2.05) is 0 Å². The van der Waals surface area contributed by atoms with Crippen LogP contribution in [0.4, 0.5) is 5.82 Å². The minimum atomic E-state index is 0.00439. The van der Waals surface area contributed by atoms with Crippen molar-refractivity contribution in [2.24, 2.45) is 5.92 Å². The van der Waals surface area contributed by atoms with Gasteiger partial charge in [-0.3, -0.25) is 4.79 Å². The second-order valence-corrected chi connectivity index (χ2v) is 4.72. The molecule has 17 heavy (non-hydrogen) atoms. The summed E-state index contributed by atoms with van der Waals surface area (Å²) in [6.45, 7) is 2.21. The van der Waals surface area contributed by atoms with Crippen LogP contribution in [0, 0.1) is 5.92 Å². The fraction of sp³-hybridized carbons (Fsp3) is 0.667. The number of amides is 1. The number of hydrogen-bond acceptors (Lipinski definition) is 3. The van der Waals surface area contributed by atoms with E-state index in [4.69, 9.17) is 4.74 Å². The first kappa shape index (κ1) is 10.8. The fourth-order valence-electron chi connectivity index (χ4n) is 2.49. The molecule has 1 atom stereocenters. The molecule has 5 nitrogen and oxygen atoms in total. The van der Waals surface area contributed by atoms with E-state index in [2.05, 4.69) is 14.9 Å². The Morgan fingerprint density at radius 3 is 3.29 bits per heavy atom. The predicted octanol–water partition coefficient (Wildman–Crippen LogP) is 1.19. The summed E-state index contributed by atoms with van der Waals surface area (Å²) in [6.07, 6.45) is 5.98. The van der Waals surface area contributed by atoms with Crippen LogP contribution < -0.4 is 5.32 Å². The van der Waals surface area contributed by atoms with Crippen LogP contribution in [0.1, 0.15) is 25.1 Å². The van der Waals surface area contributed by atoms with Crippen molar-refractivity contribution < 1.29 is 9.53 Å². The molecule has 0 spiro atoms. The molecular formula is C12H17N3O2. The number of imidazole rings is 1. The zero-order valence-electron chi connectivity index (χ0n) is 9.82. The van der Waals surface area contributed by atoms with Crippen molar-refractivity contribution in [3.05, 3.63) is 12.0 Å². The Morgan fingerprint density at radius 2 is 2.47 bits per heavy atom. The summed E-state index contributed by atoms with van der Waals surface area (Å²) in [4.78, 5) is 16.3. The van der Waals surface area contributed by atoms with Crippen LogP contribution in [0.5, 0.6) is 0 Å². The van der Waals surface area contributed by atoms with E-state index in [1.165, 1.54) is 12.8 Å². The maximum absolute atomic E-state index is 12.0. The largest absolute Gasteiger partial charge is 0.381 e. The van der Waals surface area contributed by atoms with Crippen molar-refractivity contribution in [1.29, 1.82) is 0 Å². The Balaban J connectivity index is 1.72. The molecule has 3 rings (SSSR count). The molecule has 0 aliphatic carbocycles. The number of carbonyl (C=O) groups is 1. The van der Waals surface area contributed by atoms with Crippen LogP contribution in [0.3, 0.4) is 0 Å². The van der Waals surface area contributed by atoms with Gasteiger partial charge in [-0.05, 0) is 19.3 Å². The molecule has 3 heterocycles. The average Bonchev–Trinajstić information content (AvgIpc) is 2.98. The lowest BCUT2D eigenvalue weighted by molar-refractivity contribution is -0.119. The van der Waals surface area contributed by atoms with Gasteiger partial charge in [0.1, 0.15) is 11.6 Å². The van der Waals surface area contributed by atoms with Gasteiger partial charge in [0.15, 0.2) is 0 Å². The maximum atomic E-state index is 12.0. The third kappa shape index (κ3) is 2.07. The van der Waals surface area contributed by atoms with Gasteiger partial charge in [0.05, 0.1) is 18.7 Å². The Labute approximate surface area is 100 Å². The standard InChI is InChI=1S/C12H17N3O2/c16-12(9-4-6-17-8-9)14-11-7-13-10-3-1-2-5-15(10)11/h7,9H,1-6,8H2,(H,14,16)/t9-/m1/s1. The molecule has 1 N–H and O–H groups in total. The smallest absolute Gasteiger partial charge is 0.231 e. The Bertz CT molecular complexity index is 421. The molecule has 1 fully saturated rings. The van der Waals surface area contributed by atoms with E-state index in [0.717, 1.165) is 31.0 Å². The molecule has 2 aliphatic rings. The first-order chi connectivity index (χ1) is 8.34. The Kier molecular flexibility index (Phi) is 2.84. The van der Waals surface area contributed by atoms with Crippen LogP contribution in [-0.2, 0) is 22.5 Å². The first-order valence-corrected chi connectivity index (χ1v) is 6.27. The van der Waals surface area contributed by atoms with Gasteiger partial charge >= 0.3 is 0 Å². The highest BCUT2D eigenvalue weighted by molar-refractivity contribution is 5.92. The fourth-order valence-corrected chi connectivity index (χ4v) is 2.49. The van der Waals surface area contributed by atoms with E-state index in [-0.39, 0.29) is 11.8 Å². The molecule has 92 valence electrons. The second kappa shape index (κ2) is 4.49. The summed E-state index contributed by atoms with van der Waals surface area (Å²) < 4.78 is 7.35. The number of aromatic nitrogens is 2. The number of aryl methyl sites for hydroxylation is 1. The number of fused-ring (bicyclic) bond motifs is 1. The lowest BCUT2D eigenvalue weighted by atomic mass is 10.1. The highest BCUT2D eigenvalue weighted by atomic mass is 16.5. The summed E-state index contributed by atoms with van der Waals surface area (Å²) in [5.74, 6) is 2.01. The van der Waals surface area contributed by atoms with Crippen LogP contribution in [-0.4, -0.2) is 28.7 Å². The van der Waals surface area contributed by atoms with E-state index in [1.54, 1.807) is 6.20 Å². The normalized spacial score (nSPS) is 23.4. The van der Waals surface area contributed by atoms with Crippen molar-refractivity contribution >= 4 is 11.7 Å². The van der Waals surface area contributed by atoms with Crippen LogP contribution in [0.25, 0.3) is 0 Å². The van der Waals surface area contributed by atoms with E-state index < -0.39 is 0 Å². The molecule has 1 saturated heterocycles. The monoisotopic (exact) mass is 235 g/mol. The van der Waals surface area contributed by atoms with E-state index >= 15 is 0 Å². The first-order valence-electron chi connectivity index (χ1n) is 6.27. The van der Waals surface area contributed by atoms with Gasteiger partial charge in [-0.2, -0.15) is 0 Å². The highest BCUT2D eigenvalue weighted by Gasteiger charge is 2.25. The van der Waals surface area contributed by atoms with Gasteiger partial charge in [0.25, 0.3) is 0 Å². The summed E-state index contributed by atoms with van der Waals surface area (Å²) >= 11 is 0. The molecule has 1 aromatic rings. The third-order valence-corrected chi connectivity index (χ3v) is 3.52. The number of anilines is 1. The molecule has 0 unspecified atom stereocenters. The number of rotatable bonds is 2. The summed E-state index contributed by atoms with van der Waals surface area (Å²) in [7, 11) is 0. The van der Waals surface area contributed by atoms with Gasteiger partial charge in [0, 0.05) is 19.6 Å². The zero-order valence-corrected chi connectivity index (χ0v) is 9.82. The molecule has 0 aromatic carbocycles. The topological polar surface area (TPSA) is 56.2 Å². The quantitative estimate of drug-likeness (QED) is 0.837. The Morgan fingerprint density at radius 1 is 1.53 bits per heavy atom. The minimum Gasteiger partial charge on any atom is -0.381 e. The third-order valence-electron chi connectivity index (χ3n) is 3.52. The highest BCUT2D eigenvalue weighted by Crippen LogP contribution is 2.21. The predicted molar refractivity (Wildman–Crippen MR) is 62.7 cm³/mol. The van der Waals surface area contributed by atoms with Crippen molar-refractivity contribution in [3.63, 3.8) is 0 Å². The number of nitrogens with zero attached hydrogens (tertiary/aromatic N) is 2. The zero-order chi connectivity index (χ0) is 11.7. The number of carbonyl (C=O) groups excluding carboxylic acids is 1. The molecule has 1 aromatic heterocycles. The minimum absolute atomic E-state index is 0.00439.